The molecule has 1 saturated heterocycles. The summed E-state index contributed by atoms with van der Waals surface area (Å²) in [4.78, 5) is 25.0. The van der Waals surface area contributed by atoms with Crippen LogP contribution in [-0.2, 0) is 14.8 Å². The summed E-state index contributed by atoms with van der Waals surface area (Å²) < 4.78 is 32.6. The lowest BCUT2D eigenvalue weighted by molar-refractivity contribution is 0.0470. The fourth-order valence-electron chi connectivity index (χ4n) is 3.52. The number of esters is 1. The van der Waals surface area contributed by atoms with Crippen LogP contribution >= 0.6 is 0 Å². The maximum Gasteiger partial charge on any atom is 0.339 e. The van der Waals surface area contributed by atoms with Gasteiger partial charge in [0, 0.05) is 18.7 Å². The van der Waals surface area contributed by atoms with Gasteiger partial charge in [0.2, 0.25) is 15.8 Å². The van der Waals surface area contributed by atoms with Crippen LogP contribution in [0.25, 0.3) is 0 Å². The van der Waals surface area contributed by atoms with E-state index in [2.05, 4.69) is 0 Å². The first-order chi connectivity index (χ1) is 13.8. The van der Waals surface area contributed by atoms with Crippen LogP contribution in [0.1, 0.15) is 51.1 Å². The molecule has 3 rings (SSSR count). The zero-order valence-electron chi connectivity index (χ0n) is 16.7. The van der Waals surface area contributed by atoms with Gasteiger partial charge in [0.1, 0.15) is 0 Å². The highest BCUT2D eigenvalue weighted by molar-refractivity contribution is 7.89. The van der Waals surface area contributed by atoms with E-state index < -0.39 is 22.6 Å². The number of hydrogen-bond acceptors (Lipinski definition) is 5. The summed E-state index contributed by atoms with van der Waals surface area (Å²) in [5.74, 6) is -1.15. The molecule has 6 nitrogen and oxygen atoms in total. The van der Waals surface area contributed by atoms with E-state index in [1.807, 2.05) is 26.0 Å². The van der Waals surface area contributed by atoms with Crippen LogP contribution in [0.2, 0.25) is 0 Å². The number of ether oxygens (including phenoxy) is 1. The lowest BCUT2D eigenvalue weighted by atomic mass is 10.0. The molecule has 0 saturated carbocycles. The smallest absolute Gasteiger partial charge is 0.339 e. The Hall–Kier alpha value is -2.51. The van der Waals surface area contributed by atoms with Crippen LogP contribution in [0.15, 0.2) is 47.4 Å². The number of ketones is 1. The van der Waals surface area contributed by atoms with Crippen LogP contribution in [0.5, 0.6) is 0 Å². The number of benzene rings is 2. The summed E-state index contributed by atoms with van der Waals surface area (Å²) in [7, 11) is -3.79. The van der Waals surface area contributed by atoms with Crippen molar-refractivity contribution in [3.8, 4) is 0 Å². The first-order valence-corrected chi connectivity index (χ1v) is 11.1. The summed E-state index contributed by atoms with van der Waals surface area (Å²) in [5, 5.41) is 0. The molecule has 0 unspecified atom stereocenters. The highest BCUT2D eigenvalue weighted by Crippen LogP contribution is 2.24. The van der Waals surface area contributed by atoms with Gasteiger partial charge in [-0.05, 0) is 44.4 Å². The number of rotatable bonds is 6. The Morgan fingerprint density at radius 1 is 0.966 bits per heavy atom. The van der Waals surface area contributed by atoms with Gasteiger partial charge in [-0.25, -0.2) is 13.2 Å². The Morgan fingerprint density at radius 3 is 2.34 bits per heavy atom. The van der Waals surface area contributed by atoms with Crippen molar-refractivity contribution in [2.24, 2.45) is 0 Å². The summed E-state index contributed by atoms with van der Waals surface area (Å²) in [6, 6.07) is 11.4. The summed E-state index contributed by atoms with van der Waals surface area (Å²) in [6.07, 6.45) is 2.60. The third-order valence-electron chi connectivity index (χ3n) is 5.06. The lowest BCUT2D eigenvalue weighted by Crippen LogP contribution is -2.36. The molecule has 2 aromatic rings. The maximum atomic E-state index is 13.0. The highest BCUT2D eigenvalue weighted by Gasteiger charge is 2.30. The SMILES string of the molecule is Cc1ccc(C(=O)COC(=O)c2ccccc2S(=O)(=O)N2CCCCC2)c(C)c1. The number of piperidine rings is 1. The highest BCUT2D eigenvalue weighted by atomic mass is 32.2. The third-order valence-corrected chi connectivity index (χ3v) is 7.01. The van der Waals surface area contributed by atoms with Crippen LogP contribution in [0, 0.1) is 13.8 Å². The van der Waals surface area contributed by atoms with E-state index in [4.69, 9.17) is 4.74 Å². The minimum Gasteiger partial charge on any atom is -0.454 e. The Balaban J connectivity index is 1.77. The molecule has 0 aliphatic carbocycles. The van der Waals surface area contributed by atoms with Gasteiger partial charge in [-0.3, -0.25) is 4.79 Å². The average Bonchev–Trinajstić information content (AvgIpc) is 2.72. The Labute approximate surface area is 171 Å². The van der Waals surface area contributed by atoms with Crippen molar-refractivity contribution in [1.29, 1.82) is 0 Å². The van der Waals surface area contributed by atoms with Crippen LogP contribution in [0.3, 0.4) is 0 Å². The predicted octanol–water partition coefficient (Wildman–Crippen LogP) is 3.52. The third kappa shape index (κ3) is 4.74. The molecular weight excluding hydrogens is 390 g/mol. The van der Waals surface area contributed by atoms with Crippen LogP contribution in [0.4, 0.5) is 0 Å². The summed E-state index contributed by atoms with van der Waals surface area (Å²) in [5.41, 5.74) is 2.27. The topological polar surface area (TPSA) is 80.8 Å². The Morgan fingerprint density at radius 2 is 1.66 bits per heavy atom. The molecular formula is C22H25NO5S. The molecule has 0 amide bonds. The Kier molecular flexibility index (Phi) is 6.49. The zero-order chi connectivity index (χ0) is 21.0. The standard InChI is InChI=1S/C22H25NO5S/c1-16-10-11-18(17(2)14-16)20(24)15-28-22(25)19-8-4-5-9-21(19)29(26,27)23-12-6-3-7-13-23/h4-5,8-11,14H,3,6-7,12-13,15H2,1-2H3. The first kappa shape index (κ1) is 21.2. The predicted molar refractivity (Wildman–Crippen MR) is 110 cm³/mol. The van der Waals surface area contributed by atoms with Crippen molar-refractivity contribution < 1.29 is 22.7 Å². The van der Waals surface area contributed by atoms with E-state index in [0.29, 0.717) is 18.7 Å². The van der Waals surface area contributed by atoms with Gasteiger partial charge in [0.05, 0.1) is 10.5 Å². The number of nitrogens with zero attached hydrogens (tertiary/aromatic N) is 1. The molecule has 0 aromatic heterocycles. The molecule has 1 heterocycles. The van der Waals surface area contributed by atoms with E-state index in [0.717, 1.165) is 30.4 Å². The van der Waals surface area contributed by atoms with Gasteiger partial charge in [0.25, 0.3) is 0 Å². The van der Waals surface area contributed by atoms with Crippen molar-refractivity contribution in [3.05, 3.63) is 64.7 Å². The second-order valence-corrected chi connectivity index (χ2v) is 9.18. The number of carbonyl (C=O) groups excluding carboxylic acids is 2. The van der Waals surface area contributed by atoms with E-state index in [-0.39, 0.29) is 16.2 Å². The number of carbonyl (C=O) groups is 2. The fourth-order valence-corrected chi connectivity index (χ4v) is 5.21. The van der Waals surface area contributed by atoms with Crippen LogP contribution < -0.4 is 0 Å². The minimum atomic E-state index is -3.79. The molecule has 1 aliphatic heterocycles. The van der Waals surface area contributed by atoms with Crippen molar-refractivity contribution in [3.63, 3.8) is 0 Å². The van der Waals surface area contributed by atoms with Gasteiger partial charge in [-0.2, -0.15) is 4.31 Å². The number of sulfonamides is 1. The largest absolute Gasteiger partial charge is 0.454 e. The minimum absolute atomic E-state index is 0.0495. The quantitative estimate of drug-likeness (QED) is 0.533. The average molecular weight is 416 g/mol. The zero-order valence-corrected chi connectivity index (χ0v) is 17.5. The molecule has 0 spiro atoms. The molecule has 154 valence electrons. The van der Waals surface area contributed by atoms with E-state index in [1.54, 1.807) is 18.2 Å². The number of aryl methyl sites for hydroxylation is 2. The molecule has 29 heavy (non-hydrogen) atoms. The molecule has 1 fully saturated rings. The van der Waals surface area contributed by atoms with Crippen LogP contribution in [-0.4, -0.2) is 44.2 Å². The maximum absolute atomic E-state index is 13.0. The van der Waals surface area contributed by atoms with Gasteiger partial charge >= 0.3 is 5.97 Å². The second-order valence-electron chi connectivity index (χ2n) is 7.28. The number of Topliss-reactive ketones (excluding diaryl/α,β-unsaturated/α-hetero) is 1. The van der Waals surface area contributed by atoms with Gasteiger partial charge in [0.15, 0.2) is 6.61 Å². The van der Waals surface area contributed by atoms with Gasteiger partial charge in [-0.15, -0.1) is 0 Å². The first-order valence-electron chi connectivity index (χ1n) is 9.67. The molecule has 2 aromatic carbocycles. The summed E-state index contributed by atoms with van der Waals surface area (Å²) in [6.45, 7) is 4.19. The lowest BCUT2D eigenvalue weighted by Gasteiger charge is -2.26. The molecule has 0 radical (unpaired) electrons. The molecule has 1 aliphatic rings. The van der Waals surface area contributed by atoms with E-state index in [9.17, 15) is 18.0 Å². The van der Waals surface area contributed by atoms with E-state index >= 15 is 0 Å². The molecule has 0 bridgehead atoms. The second kappa shape index (κ2) is 8.88. The number of hydrogen-bond donors (Lipinski definition) is 0. The van der Waals surface area contributed by atoms with Crippen molar-refractivity contribution in [2.75, 3.05) is 19.7 Å². The monoisotopic (exact) mass is 415 g/mol. The molecule has 7 heteroatoms. The van der Waals surface area contributed by atoms with Gasteiger partial charge < -0.3 is 4.74 Å². The van der Waals surface area contributed by atoms with Crippen molar-refractivity contribution >= 4 is 21.8 Å². The Bertz CT molecular complexity index is 1020. The normalized spacial score (nSPS) is 15.1. The fraction of sp³-hybridized carbons (Fsp3) is 0.364. The molecule has 0 N–H and O–H groups in total. The van der Waals surface area contributed by atoms with Crippen molar-refractivity contribution in [2.45, 2.75) is 38.0 Å². The van der Waals surface area contributed by atoms with Crippen molar-refractivity contribution in [1.82, 2.24) is 4.31 Å². The summed E-state index contributed by atoms with van der Waals surface area (Å²) >= 11 is 0. The van der Waals surface area contributed by atoms with Gasteiger partial charge in [-0.1, -0.05) is 42.3 Å². The molecule has 0 atom stereocenters. The van der Waals surface area contributed by atoms with E-state index in [1.165, 1.54) is 16.4 Å².